The number of carbonyl (C=O) groups excluding carboxylic acids is 2. The largest absolute Gasteiger partial charge is 0.462 e. The van der Waals surface area contributed by atoms with Crippen molar-refractivity contribution >= 4 is 18.0 Å². The molecular weight excluding hydrogens is 380 g/mol. The van der Waals surface area contributed by atoms with Gasteiger partial charge in [0.2, 0.25) is 0 Å². The van der Waals surface area contributed by atoms with Crippen LogP contribution in [0.25, 0.3) is 6.08 Å². The van der Waals surface area contributed by atoms with Gasteiger partial charge < -0.3 is 14.0 Å². The molecule has 0 saturated heterocycles. The second-order valence-corrected chi connectivity index (χ2v) is 8.49. The zero-order chi connectivity index (χ0) is 21.1. The number of nitrogens with zero attached hydrogens (tertiary/aromatic N) is 2. The van der Waals surface area contributed by atoms with Crippen LogP contribution in [0.5, 0.6) is 0 Å². The molecule has 0 amide bonds. The molecule has 158 valence electrons. The van der Waals surface area contributed by atoms with E-state index in [1.54, 1.807) is 12.4 Å². The molecule has 0 aliphatic heterocycles. The van der Waals surface area contributed by atoms with E-state index in [-0.39, 0.29) is 24.1 Å². The van der Waals surface area contributed by atoms with Gasteiger partial charge >= 0.3 is 11.9 Å². The number of ether oxygens (including phenoxy) is 2. The molecule has 6 heteroatoms. The minimum Gasteiger partial charge on any atom is -0.462 e. The monoisotopic (exact) mass is 408 g/mol. The van der Waals surface area contributed by atoms with Crippen molar-refractivity contribution in [3.63, 3.8) is 0 Å². The Morgan fingerprint density at radius 3 is 2.23 bits per heavy atom. The summed E-state index contributed by atoms with van der Waals surface area (Å²) in [7, 11) is 1.89. The lowest BCUT2D eigenvalue weighted by Gasteiger charge is -2.24. The third-order valence-electron chi connectivity index (χ3n) is 5.94. The average molecular weight is 408 g/mol. The van der Waals surface area contributed by atoms with Crippen molar-refractivity contribution in [2.24, 2.45) is 18.9 Å². The van der Waals surface area contributed by atoms with Gasteiger partial charge in [-0.1, -0.05) is 24.3 Å². The SMILES string of the molecule is CC(=O)OC1Cc2ccccc2CC(OC(=O)/C=C/c2cn(C)cn2)CC2CC2C1. The lowest BCUT2D eigenvalue weighted by molar-refractivity contribution is -0.147. The summed E-state index contributed by atoms with van der Waals surface area (Å²) in [4.78, 5) is 28.2. The zero-order valence-corrected chi connectivity index (χ0v) is 17.5. The van der Waals surface area contributed by atoms with Crippen molar-refractivity contribution in [3.05, 3.63) is 59.7 Å². The Hall–Kier alpha value is -2.89. The topological polar surface area (TPSA) is 70.4 Å². The van der Waals surface area contributed by atoms with Gasteiger partial charge in [0.25, 0.3) is 0 Å². The quantitative estimate of drug-likeness (QED) is 0.572. The highest BCUT2D eigenvalue weighted by atomic mass is 16.5. The smallest absolute Gasteiger partial charge is 0.331 e. The van der Waals surface area contributed by atoms with Crippen LogP contribution in [-0.4, -0.2) is 33.7 Å². The molecular formula is C24H28N2O4. The maximum Gasteiger partial charge on any atom is 0.331 e. The summed E-state index contributed by atoms with van der Waals surface area (Å²) in [6.07, 6.45) is 10.6. The van der Waals surface area contributed by atoms with Crippen LogP contribution in [0.2, 0.25) is 0 Å². The first kappa shape index (κ1) is 20.4. The molecule has 0 spiro atoms. The summed E-state index contributed by atoms with van der Waals surface area (Å²) < 4.78 is 13.3. The Labute approximate surface area is 176 Å². The molecule has 6 nitrogen and oxygen atoms in total. The fourth-order valence-corrected chi connectivity index (χ4v) is 4.47. The van der Waals surface area contributed by atoms with Crippen LogP contribution in [0.4, 0.5) is 0 Å². The second kappa shape index (κ2) is 8.86. The maximum atomic E-state index is 12.4. The molecule has 2 aromatic rings. The molecule has 0 radical (unpaired) electrons. The first-order valence-corrected chi connectivity index (χ1v) is 10.6. The fourth-order valence-electron chi connectivity index (χ4n) is 4.47. The summed E-state index contributed by atoms with van der Waals surface area (Å²) in [5.41, 5.74) is 3.04. The van der Waals surface area contributed by atoms with E-state index in [1.807, 2.05) is 29.9 Å². The Morgan fingerprint density at radius 2 is 1.67 bits per heavy atom. The molecule has 2 aliphatic rings. The summed E-state index contributed by atoms with van der Waals surface area (Å²) >= 11 is 0. The summed E-state index contributed by atoms with van der Waals surface area (Å²) in [5, 5.41) is 0. The number of aromatic nitrogens is 2. The summed E-state index contributed by atoms with van der Waals surface area (Å²) in [5.74, 6) is 0.490. The van der Waals surface area contributed by atoms with Gasteiger partial charge in [0, 0.05) is 39.1 Å². The normalized spacial score (nSPS) is 25.8. The Kier molecular flexibility index (Phi) is 6.02. The molecule has 2 aliphatic carbocycles. The standard InChI is InChI=1S/C24H28N2O4/c1-16(27)29-22-10-17-5-3-4-6-18(17)11-23(13-20-9-19(20)12-22)30-24(28)8-7-21-14-26(2)15-25-21/h3-8,14-15,19-20,22-23H,9-13H2,1-2H3/b8-7+. The van der Waals surface area contributed by atoms with Gasteiger partial charge in [0.1, 0.15) is 12.2 Å². The van der Waals surface area contributed by atoms with E-state index in [4.69, 9.17) is 9.47 Å². The highest BCUT2D eigenvalue weighted by Crippen LogP contribution is 2.47. The minimum atomic E-state index is -0.338. The third-order valence-corrected chi connectivity index (χ3v) is 5.94. The molecule has 1 aromatic heterocycles. The molecule has 30 heavy (non-hydrogen) atoms. The number of aryl methyl sites for hydroxylation is 1. The number of carbonyl (C=O) groups is 2. The predicted octanol–water partition coefficient (Wildman–Crippen LogP) is 3.49. The third kappa shape index (κ3) is 5.38. The van der Waals surface area contributed by atoms with Crippen LogP contribution >= 0.6 is 0 Å². The lowest BCUT2D eigenvalue weighted by Crippen LogP contribution is -2.25. The Balaban J connectivity index is 1.48. The number of imidazole rings is 1. The first-order chi connectivity index (χ1) is 14.5. The summed E-state index contributed by atoms with van der Waals surface area (Å²) in [6, 6.07) is 8.17. The van der Waals surface area contributed by atoms with Gasteiger partial charge in [0.15, 0.2) is 0 Å². The number of hydrogen-bond donors (Lipinski definition) is 0. The number of rotatable bonds is 4. The van der Waals surface area contributed by atoms with Gasteiger partial charge in [-0.15, -0.1) is 0 Å². The predicted molar refractivity (Wildman–Crippen MR) is 112 cm³/mol. The van der Waals surface area contributed by atoms with E-state index >= 15 is 0 Å². The van der Waals surface area contributed by atoms with Crippen LogP contribution in [0.1, 0.15) is 43.0 Å². The van der Waals surface area contributed by atoms with Gasteiger partial charge in [-0.2, -0.15) is 0 Å². The zero-order valence-electron chi connectivity index (χ0n) is 17.5. The van der Waals surface area contributed by atoms with Crippen molar-refractivity contribution in [1.82, 2.24) is 9.55 Å². The van der Waals surface area contributed by atoms with E-state index in [0.717, 1.165) is 36.1 Å². The molecule has 4 atom stereocenters. The number of hydrogen-bond acceptors (Lipinski definition) is 5. The molecule has 4 rings (SSSR count). The van der Waals surface area contributed by atoms with Crippen molar-refractivity contribution in [1.29, 1.82) is 0 Å². The lowest BCUT2D eigenvalue weighted by atomic mass is 9.91. The van der Waals surface area contributed by atoms with E-state index in [9.17, 15) is 9.59 Å². The summed E-state index contributed by atoms with van der Waals surface area (Å²) in [6.45, 7) is 1.48. The average Bonchev–Trinajstić information content (AvgIpc) is 3.26. The number of fused-ring (bicyclic) bond motifs is 2. The van der Waals surface area contributed by atoms with Gasteiger partial charge in [0.05, 0.1) is 12.0 Å². The minimum absolute atomic E-state index is 0.0842. The highest BCUT2D eigenvalue weighted by Gasteiger charge is 2.42. The van der Waals surface area contributed by atoms with Crippen molar-refractivity contribution in [2.45, 2.75) is 51.2 Å². The number of esters is 2. The fraction of sp³-hybridized carbons (Fsp3) is 0.458. The molecule has 1 saturated carbocycles. The maximum absolute atomic E-state index is 12.4. The molecule has 1 fully saturated rings. The van der Waals surface area contributed by atoms with Gasteiger partial charge in [-0.3, -0.25) is 4.79 Å². The van der Waals surface area contributed by atoms with Gasteiger partial charge in [-0.05, 0) is 48.3 Å². The molecule has 1 heterocycles. The van der Waals surface area contributed by atoms with Crippen LogP contribution in [-0.2, 0) is 39.0 Å². The van der Waals surface area contributed by atoms with E-state index in [0.29, 0.717) is 24.7 Å². The Bertz CT molecular complexity index is 948. The molecule has 4 unspecified atom stereocenters. The van der Waals surface area contributed by atoms with E-state index in [1.165, 1.54) is 13.0 Å². The van der Waals surface area contributed by atoms with Crippen LogP contribution in [0, 0.1) is 11.8 Å². The van der Waals surface area contributed by atoms with Gasteiger partial charge in [-0.25, -0.2) is 9.78 Å². The van der Waals surface area contributed by atoms with E-state index in [2.05, 4.69) is 17.1 Å². The second-order valence-electron chi connectivity index (χ2n) is 8.49. The highest BCUT2D eigenvalue weighted by molar-refractivity contribution is 5.86. The number of benzene rings is 1. The van der Waals surface area contributed by atoms with Crippen LogP contribution < -0.4 is 0 Å². The Morgan fingerprint density at radius 1 is 1.03 bits per heavy atom. The van der Waals surface area contributed by atoms with Crippen molar-refractivity contribution in [3.8, 4) is 0 Å². The van der Waals surface area contributed by atoms with Crippen molar-refractivity contribution < 1.29 is 19.1 Å². The molecule has 1 aromatic carbocycles. The van der Waals surface area contributed by atoms with E-state index < -0.39 is 0 Å². The van der Waals surface area contributed by atoms with Crippen LogP contribution in [0.3, 0.4) is 0 Å². The van der Waals surface area contributed by atoms with Crippen LogP contribution in [0.15, 0.2) is 42.9 Å². The molecule has 0 N–H and O–H groups in total. The van der Waals surface area contributed by atoms with Crippen molar-refractivity contribution in [2.75, 3.05) is 0 Å². The molecule has 0 bridgehead atoms. The first-order valence-electron chi connectivity index (χ1n) is 10.6.